The Morgan fingerprint density at radius 2 is 1.83 bits per heavy atom. The van der Waals surface area contributed by atoms with E-state index in [0.29, 0.717) is 11.8 Å². The first-order chi connectivity index (χ1) is 11.1. The van der Waals surface area contributed by atoms with E-state index in [4.69, 9.17) is 4.74 Å². The van der Waals surface area contributed by atoms with Gasteiger partial charge in [-0.05, 0) is 49.9 Å². The standard InChI is InChI=1S/C18H30N2O3/c1-23-13-16(21)19-15-6-7-18(15)8-10-20(11-9-18)17(22)12-14-4-2-3-5-14/h14-15H,2-13H2,1H3,(H,19,21)/t15-/m0/s1. The molecule has 0 bridgehead atoms. The number of amides is 2. The highest BCUT2D eigenvalue weighted by molar-refractivity contribution is 5.78. The zero-order valence-corrected chi connectivity index (χ0v) is 14.3. The molecule has 130 valence electrons. The van der Waals surface area contributed by atoms with Crippen LogP contribution in [0.3, 0.4) is 0 Å². The second kappa shape index (κ2) is 7.20. The van der Waals surface area contributed by atoms with Crippen LogP contribution in [0.1, 0.15) is 57.8 Å². The van der Waals surface area contributed by atoms with Crippen molar-refractivity contribution in [1.29, 1.82) is 0 Å². The van der Waals surface area contributed by atoms with Gasteiger partial charge in [0.25, 0.3) is 0 Å². The Bertz CT molecular complexity index is 438. The van der Waals surface area contributed by atoms with Crippen LogP contribution in [-0.4, -0.2) is 49.6 Å². The fourth-order valence-electron chi connectivity index (χ4n) is 4.68. The van der Waals surface area contributed by atoms with Gasteiger partial charge in [-0.25, -0.2) is 0 Å². The number of likely N-dealkylation sites (tertiary alicyclic amines) is 1. The maximum Gasteiger partial charge on any atom is 0.246 e. The van der Waals surface area contributed by atoms with Crippen LogP contribution >= 0.6 is 0 Å². The van der Waals surface area contributed by atoms with Gasteiger partial charge >= 0.3 is 0 Å². The topological polar surface area (TPSA) is 58.6 Å². The number of methoxy groups -OCH3 is 1. The van der Waals surface area contributed by atoms with Crippen LogP contribution < -0.4 is 5.32 Å². The highest BCUT2D eigenvalue weighted by Gasteiger charge is 2.49. The van der Waals surface area contributed by atoms with Gasteiger partial charge in [-0.15, -0.1) is 0 Å². The van der Waals surface area contributed by atoms with E-state index in [2.05, 4.69) is 10.2 Å². The van der Waals surface area contributed by atoms with Crippen LogP contribution in [0.4, 0.5) is 0 Å². The third kappa shape index (κ3) is 3.70. The molecule has 1 N–H and O–H groups in total. The number of hydrogen-bond donors (Lipinski definition) is 1. The quantitative estimate of drug-likeness (QED) is 0.843. The van der Waals surface area contributed by atoms with Crippen LogP contribution in [0, 0.1) is 11.3 Å². The lowest BCUT2D eigenvalue weighted by Crippen LogP contribution is -2.60. The Labute approximate surface area is 139 Å². The second-order valence-electron chi connectivity index (χ2n) is 7.69. The highest BCUT2D eigenvalue weighted by Crippen LogP contribution is 2.49. The summed E-state index contributed by atoms with van der Waals surface area (Å²) in [6.45, 7) is 1.86. The molecular weight excluding hydrogens is 292 g/mol. The van der Waals surface area contributed by atoms with Crippen LogP contribution in [0.5, 0.6) is 0 Å². The number of carbonyl (C=O) groups excluding carboxylic acids is 2. The summed E-state index contributed by atoms with van der Waals surface area (Å²) < 4.78 is 4.90. The molecule has 2 amide bonds. The van der Waals surface area contributed by atoms with Crippen molar-refractivity contribution in [2.45, 2.75) is 63.8 Å². The second-order valence-corrected chi connectivity index (χ2v) is 7.69. The maximum absolute atomic E-state index is 12.5. The molecule has 0 aromatic heterocycles. The predicted molar refractivity (Wildman–Crippen MR) is 87.9 cm³/mol. The largest absolute Gasteiger partial charge is 0.375 e. The summed E-state index contributed by atoms with van der Waals surface area (Å²) in [5.41, 5.74) is 0.230. The van der Waals surface area contributed by atoms with Crippen molar-refractivity contribution in [3.63, 3.8) is 0 Å². The Kier molecular flexibility index (Phi) is 5.24. The monoisotopic (exact) mass is 322 g/mol. The van der Waals surface area contributed by atoms with E-state index in [1.54, 1.807) is 7.11 Å². The molecule has 0 unspecified atom stereocenters. The SMILES string of the molecule is COCC(=O)N[C@H]1CCC12CCN(C(=O)CC1CCCC1)CC2. The molecule has 0 radical (unpaired) electrons. The molecule has 0 aromatic rings. The minimum atomic E-state index is -0.0173. The van der Waals surface area contributed by atoms with E-state index in [0.717, 1.165) is 38.8 Å². The van der Waals surface area contributed by atoms with Gasteiger partial charge in [-0.1, -0.05) is 12.8 Å². The molecule has 1 aliphatic heterocycles. The summed E-state index contributed by atoms with van der Waals surface area (Å²) in [6.07, 6.45) is 10.1. The predicted octanol–water partition coefficient (Wildman–Crippen LogP) is 2.10. The van der Waals surface area contributed by atoms with Gasteiger partial charge in [-0.2, -0.15) is 0 Å². The van der Waals surface area contributed by atoms with Crippen LogP contribution in [0.25, 0.3) is 0 Å². The lowest BCUT2D eigenvalue weighted by molar-refractivity contribution is -0.138. The molecule has 1 heterocycles. The maximum atomic E-state index is 12.5. The lowest BCUT2D eigenvalue weighted by Gasteiger charge is -2.54. The van der Waals surface area contributed by atoms with Gasteiger partial charge in [-0.3, -0.25) is 9.59 Å². The Hall–Kier alpha value is -1.10. The number of nitrogens with zero attached hydrogens (tertiary/aromatic N) is 1. The smallest absolute Gasteiger partial charge is 0.246 e. The summed E-state index contributed by atoms with van der Waals surface area (Å²) in [6, 6.07) is 0.275. The van der Waals surface area contributed by atoms with E-state index < -0.39 is 0 Å². The molecule has 23 heavy (non-hydrogen) atoms. The zero-order valence-electron chi connectivity index (χ0n) is 14.3. The van der Waals surface area contributed by atoms with Crippen molar-refractivity contribution in [1.82, 2.24) is 10.2 Å². The first-order valence-electron chi connectivity index (χ1n) is 9.19. The third-order valence-electron chi connectivity index (χ3n) is 6.33. The number of ether oxygens (including phenoxy) is 1. The Morgan fingerprint density at radius 3 is 2.39 bits per heavy atom. The van der Waals surface area contributed by atoms with Gasteiger partial charge < -0.3 is 15.0 Å². The van der Waals surface area contributed by atoms with E-state index in [1.165, 1.54) is 32.1 Å². The van der Waals surface area contributed by atoms with Crippen molar-refractivity contribution in [3.05, 3.63) is 0 Å². The molecular formula is C18H30N2O3. The van der Waals surface area contributed by atoms with Gasteiger partial charge in [0.05, 0.1) is 0 Å². The van der Waals surface area contributed by atoms with Crippen LogP contribution in [0.15, 0.2) is 0 Å². The molecule has 1 atom stereocenters. The molecule has 2 saturated carbocycles. The molecule has 5 heteroatoms. The minimum Gasteiger partial charge on any atom is -0.375 e. The fraction of sp³-hybridized carbons (Fsp3) is 0.889. The average Bonchev–Trinajstić information content (AvgIpc) is 3.05. The fourth-order valence-corrected chi connectivity index (χ4v) is 4.68. The molecule has 1 spiro atoms. The van der Waals surface area contributed by atoms with Crippen molar-refractivity contribution in [2.24, 2.45) is 11.3 Å². The lowest BCUT2D eigenvalue weighted by atomic mass is 9.59. The van der Waals surface area contributed by atoms with Gasteiger partial charge in [0.2, 0.25) is 11.8 Å². The zero-order chi connectivity index (χ0) is 16.3. The normalized spacial score (nSPS) is 27.0. The number of piperidine rings is 1. The van der Waals surface area contributed by atoms with Crippen molar-refractivity contribution < 1.29 is 14.3 Å². The van der Waals surface area contributed by atoms with E-state index >= 15 is 0 Å². The molecule has 1 saturated heterocycles. The summed E-state index contributed by atoms with van der Waals surface area (Å²) in [5, 5.41) is 3.11. The number of hydrogen-bond acceptors (Lipinski definition) is 3. The summed E-state index contributed by atoms with van der Waals surface area (Å²) in [5.74, 6) is 0.963. The number of rotatable bonds is 5. The Morgan fingerprint density at radius 1 is 1.13 bits per heavy atom. The van der Waals surface area contributed by atoms with Crippen molar-refractivity contribution in [2.75, 3.05) is 26.8 Å². The first-order valence-corrected chi connectivity index (χ1v) is 9.19. The summed E-state index contributed by atoms with van der Waals surface area (Å²) in [4.78, 5) is 26.3. The van der Waals surface area contributed by atoms with Gasteiger partial charge in [0, 0.05) is 32.7 Å². The molecule has 0 aromatic carbocycles. The number of carbonyl (C=O) groups is 2. The van der Waals surface area contributed by atoms with E-state index in [1.807, 2.05) is 0 Å². The Balaban J connectivity index is 1.46. The third-order valence-corrected chi connectivity index (χ3v) is 6.33. The van der Waals surface area contributed by atoms with Crippen molar-refractivity contribution in [3.8, 4) is 0 Å². The molecule has 2 aliphatic carbocycles. The average molecular weight is 322 g/mol. The first kappa shape index (κ1) is 16.7. The highest BCUT2D eigenvalue weighted by atomic mass is 16.5. The van der Waals surface area contributed by atoms with E-state index in [9.17, 15) is 9.59 Å². The summed E-state index contributed by atoms with van der Waals surface area (Å²) >= 11 is 0. The summed E-state index contributed by atoms with van der Waals surface area (Å²) in [7, 11) is 1.55. The minimum absolute atomic E-state index is 0.0173. The van der Waals surface area contributed by atoms with Gasteiger partial charge in [0.15, 0.2) is 0 Å². The van der Waals surface area contributed by atoms with Crippen LogP contribution in [-0.2, 0) is 14.3 Å². The molecule has 3 fully saturated rings. The van der Waals surface area contributed by atoms with Crippen LogP contribution in [0.2, 0.25) is 0 Å². The molecule has 3 aliphatic rings. The molecule has 5 nitrogen and oxygen atoms in total. The van der Waals surface area contributed by atoms with Crippen molar-refractivity contribution >= 4 is 11.8 Å². The van der Waals surface area contributed by atoms with Gasteiger partial charge in [0.1, 0.15) is 6.61 Å². The van der Waals surface area contributed by atoms with E-state index in [-0.39, 0.29) is 24.0 Å². The number of nitrogens with one attached hydrogen (secondary N) is 1. The molecule has 3 rings (SSSR count).